The molecule has 2 heterocycles. The average molecular weight is 674 g/mol. The first kappa shape index (κ1) is 32.9. The SMILES string of the molecule is C#CCNC(=O)N(Nc1ccc(Oc2ncnc3cc(OC)c(OC)cc23)cc1)c1ccc(Oc2ncnc3cc(OC)c(OC)cc23)cc1. The van der Waals surface area contributed by atoms with E-state index in [1.54, 1.807) is 101 Å². The number of hydrazine groups is 1. The summed E-state index contributed by atoms with van der Waals surface area (Å²) in [5.41, 5.74) is 5.46. The van der Waals surface area contributed by atoms with Crippen molar-refractivity contribution in [2.45, 2.75) is 0 Å². The first-order valence-corrected chi connectivity index (χ1v) is 15.0. The third-order valence-electron chi connectivity index (χ3n) is 7.37. The number of carbonyl (C=O) groups excluding carboxylic acids is 1. The van der Waals surface area contributed by atoms with Crippen LogP contribution < -0.4 is 44.2 Å². The highest BCUT2D eigenvalue weighted by Crippen LogP contribution is 2.37. The maximum absolute atomic E-state index is 13.2. The summed E-state index contributed by atoms with van der Waals surface area (Å²) < 4.78 is 33.8. The molecular weight excluding hydrogens is 642 g/mol. The number of ether oxygens (including phenoxy) is 6. The minimum absolute atomic E-state index is 0.0313. The van der Waals surface area contributed by atoms with Gasteiger partial charge in [-0.25, -0.2) is 29.7 Å². The molecule has 0 fully saturated rings. The van der Waals surface area contributed by atoms with Gasteiger partial charge in [-0.1, -0.05) is 5.92 Å². The van der Waals surface area contributed by atoms with Crippen molar-refractivity contribution in [3.8, 4) is 58.6 Å². The van der Waals surface area contributed by atoms with E-state index < -0.39 is 6.03 Å². The Labute approximate surface area is 286 Å². The minimum Gasteiger partial charge on any atom is -0.493 e. The fourth-order valence-electron chi connectivity index (χ4n) is 4.93. The molecule has 2 aromatic heterocycles. The van der Waals surface area contributed by atoms with Gasteiger partial charge in [0.25, 0.3) is 0 Å². The van der Waals surface area contributed by atoms with E-state index in [2.05, 4.69) is 36.6 Å². The topological polar surface area (TPSA) is 151 Å². The molecule has 0 saturated carbocycles. The second-order valence-electron chi connectivity index (χ2n) is 10.3. The monoisotopic (exact) mass is 673 g/mol. The molecule has 0 saturated heterocycles. The van der Waals surface area contributed by atoms with Crippen molar-refractivity contribution < 1.29 is 33.2 Å². The van der Waals surface area contributed by atoms with Crippen molar-refractivity contribution in [1.29, 1.82) is 0 Å². The third kappa shape index (κ3) is 6.97. The largest absolute Gasteiger partial charge is 0.493 e. The molecule has 0 radical (unpaired) electrons. The van der Waals surface area contributed by atoms with Crippen molar-refractivity contribution in [2.75, 3.05) is 45.4 Å². The number of anilines is 2. The lowest BCUT2D eigenvalue weighted by atomic mass is 10.2. The van der Waals surface area contributed by atoms with Crippen molar-refractivity contribution in [3.63, 3.8) is 0 Å². The molecule has 2 N–H and O–H groups in total. The Morgan fingerprint density at radius 2 is 1.14 bits per heavy atom. The van der Waals surface area contributed by atoms with Crippen molar-refractivity contribution >= 4 is 39.2 Å². The van der Waals surface area contributed by atoms with E-state index in [0.29, 0.717) is 79.4 Å². The van der Waals surface area contributed by atoms with E-state index in [-0.39, 0.29) is 6.54 Å². The first-order chi connectivity index (χ1) is 24.4. The summed E-state index contributed by atoms with van der Waals surface area (Å²) in [5.74, 6) is 6.16. The van der Waals surface area contributed by atoms with Gasteiger partial charge in [0.1, 0.15) is 24.2 Å². The summed E-state index contributed by atoms with van der Waals surface area (Å²) in [7, 11) is 6.21. The Morgan fingerprint density at radius 3 is 1.60 bits per heavy atom. The van der Waals surface area contributed by atoms with Gasteiger partial charge in [-0.3, -0.25) is 5.43 Å². The molecular formula is C36H31N7O7. The summed E-state index contributed by atoms with van der Waals surface area (Å²) in [5, 5.41) is 5.28. The summed E-state index contributed by atoms with van der Waals surface area (Å²) in [4.78, 5) is 30.5. The van der Waals surface area contributed by atoms with E-state index in [0.717, 1.165) is 0 Å². The van der Waals surface area contributed by atoms with Gasteiger partial charge in [0, 0.05) is 12.1 Å². The zero-order valence-electron chi connectivity index (χ0n) is 27.5. The number of nitrogens with one attached hydrogen (secondary N) is 2. The van der Waals surface area contributed by atoms with Gasteiger partial charge >= 0.3 is 6.03 Å². The Bertz CT molecular complexity index is 2190. The predicted molar refractivity (Wildman–Crippen MR) is 187 cm³/mol. The maximum Gasteiger partial charge on any atom is 0.341 e. The van der Waals surface area contributed by atoms with Gasteiger partial charge < -0.3 is 33.7 Å². The number of fused-ring (bicyclic) bond motifs is 2. The van der Waals surface area contributed by atoms with Crippen LogP contribution in [0.5, 0.6) is 46.3 Å². The van der Waals surface area contributed by atoms with E-state index in [1.165, 1.54) is 17.7 Å². The number of nitrogens with zero attached hydrogens (tertiary/aromatic N) is 5. The third-order valence-corrected chi connectivity index (χ3v) is 7.37. The van der Waals surface area contributed by atoms with E-state index in [9.17, 15) is 4.79 Å². The van der Waals surface area contributed by atoms with E-state index in [4.69, 9.17) is 34.8 Å². The molecule has 2 amide bonds. The quantitative estimate of drug-likeness (QED) is 0.110. The predicted octanol–water partition coefficient (Wildman–Crippen LogP) is 6.37. The zero-order chi connectivity index (χ0) is 35.0. The van der Waals surface area contributed by atoms with Crippen molar-refractivity contribution in [2.24, 2.45) is 0 Å². The zero-order valence-corrected chi connectivity index (χ0v) is 27.5. The smallest absolute Gasteiger partial charge is 0.341 e. The van der Waals surface area contributed by atoms with Crippen LogP contribution in [0.2, 0.25) is 0 Å². The molecule has 6 aromatic rings. The van der Waals surface area contributed by atoms with Crippen LogP contribution in [0.1, 0.15) is 0 Å². The van der Waals surface area contributed by atoms with Crippen LogP contribution in [-0.2, 0) is 0 Å². The molecule has 0 unspecified atom stereocenters. The van der Waals surface area contributed by atoms with E-state index in [1.807, 2.05) is 0 Å². The van der Waals surface area contributed by atoms with Gasteiger partial charge in [-0.2, -0.15) is 0 Å². The maximum atomic E-state index is 13.2. The number of urea groups is 1. The highest BCUT2D eigenvalue weighted by molar-refractivity contribution is 5.94. The number of hydrogen-bond acceptors (Lipinski definition) is 12. The molecule has 0 aliphatic heterocycles. The standard InChI is InChI=1S/C36H31N7O7/c1-6-15-37-36(44)43(23-9-13-25(14-10-23)50-35-27-17-31(46-3)33(48-5)19-29(27)39-21-41-35)42-22-7-11-24(12-8-22)49-34-26-16-30(45-2)32(47-4)18-28(26)38-20-40-34/h1,7-14,16-21,42H,15H2,2-5H3,(H,37,44). The van der Waals surface area contributed by atoms with Crippen LogP contribution in [0.25, 0.3) is 21.8 Å². The first-order valence-electron chi connectivity index (χ1n) is 15.0. The number of benzene rings is 4. The summed E-state index contributed by atoms with van der Waals surface area (Å²) in [6, 6.07) is 20.4. The summed E-state index contributed by atoms with van der Waals surface area (Å²) in [6.07, 6.45) is 8.21. The van der Waals surface area contributed by atoms with Crippen LogP contribution in [0.4, 0.5) is 16.2 Å². The van der Waals surface area contributed by atoms with Gasteiger partial charge in [0.05, 0.1) is 68.2 Å². The molecule has 252 valence electrons. The minimum atomic E-state index is -0.475. The molecule has 4 aromatic carbocycles. The molecule has 0 atom stereocenters. The van der Waals surface area contributed by atoms with Crippen LogP contribution in [0.3, 0.4) is 0 Å². The molecule has 0 spiro atoms. The van der Waals surface area contributed by atoms with Crippen LogP contribution in [-0.4, -0.2) is 61.0 Å². The number of carbonyl (C=O) groups is 1. The number of aromatic nitrogens is 4. The normalized spacial score (nSPS) is 10.5. The second kappa shape index (κ2) is 14.8. The number of rotatable bonds is 12. The average Bonchev–Trinajstić information content (AvgIpc) is 3.16. The van der Waals surface area contributed by atoms with E-state index >= 15 is 0 Å². The van der Waals surface area contributed by atoms with Crippen molar-refractivity contribution in [3.05, 3.63) is 85.5 Å². The molecule has 14 heteroatoms. The van der Waals surface area contributed by atoms with Crippen molar-refractivity contribution in [1.82, 2.24) is 25.3 Å². The summed E-state index contributed by atoms with van der Waals surface area (Å²) in [6.45, 7) is 0.0313. The molecule has 50 heavy (non-hydrogen) atoms. The highest BCUT2D eigenvalue weighted by Gasteiger charge is 2.18. The molecule has 0 bridgehead atoms. The van der Waals surface area contributed by atoms with Gasteiger partial charge in [0.15, 0.2) is 23.0 Å². The Hall–Kier alpha value is -7.01. The van der Waals surface area contributed by atoms with Gasteiger partial charge in [-0.05, 0) is 60.7 Å². The fourth-order valence-corrected chi connectivity index (χ4v) is 4.93. The highest BCUT2D eigenvalue weighted by atomic mass is 16.5. The lowest BCUT2D eigenvalue weighted by Gasteiger charge is -2.24. The Morgan fingerprint density at radius 1 is 0.680 bits per heavy atom. The summed E-state index contributed by atoms with van der Waals surface area (Å²) >= 11 is 0. The Kier molecular flexibility index (Phi) is 9.76. The number of methoxy groups -OCH3 is 4. The van der Waals surface area contributed by atoms with Crippen LogP contribution in [0, 0.1) is 12.3 Å². The molecule has 14 nitrogen and oxygen atoms in total. The van der Waals surface area contributed by atoms with Gasteiger partial charge in [0.2, 0.25) is 11.8 Å². The number of amides is 2. The van der Waals surface area contributed by atoms with Gasteiger partial charge in [-0.15, -0.1) is 6.42 Å². The fraction of sp³-hybridized carbons (Fsp3) is 0.139. The van der Waals surface area contributed by atoms with Crippen LogP contribution >= 0.6 is 0 Å². The molecule has 0 aliphatic rings. The lowest BCUT2D eigenvalue weighted by Crippen LogP contribution is -2.43. The molecule has 6 rings (SSSR count). The number of hydrogen-bond donors (Lipinski definition) is 2. The van der Waals surface area contributed by atoms with Crippen LogP contribution in [0.15, 0.2) is 85.5 Å². The molecule has 0 aliphatic carbocycles. The second-order valence-corrected chi connectivity index (χ2v) is 10.3. The Balaban J connectivity index is 1.21. The number of terminal acetylenes is 1. The lowest BCUT2D eigenvalue weighted by molar-refractivity contribution is 0.248.